The molecule has 0 saturated heterocycles. The normalized spacial score (nSPS) is 14.4. The largest absolute Gasteiger partial charge is 0.464 e. The molecule has 0 spiro atoms. The van der Waals surface area contributed by atoms with Gasteiger partial charge in [0.2, 0.25) is 40.7 Å². The van der Waals surface area contributed by atoms with Crippen molar-refractivity contribution in [3.05, 3.63) is 94.1 Å². The van der Waals surface area contributed by atoms with Gasteiger partial charge in [-0.3, -0.25) is 9.36 Å². The number of hydrogen-bond acceptors (Lipinski definition) is 7. The number of alkyl halides is 1. The number of fused-ring (bicyclic) bond motifs is 1. The van der Waals surface area contributed by atoms with E-state index in [-0.39, 0.29) is 33.6 Å². The number of para-hydroxylation sites is 1. The number of nitrogens with one attached hydrogen (secondary N) is 1. The van der Waals surface area contributed by atoms with Gasteiger partial charge >= 0.3 is 19.5 Å². The number of halogens is 6. The quantitative estimate of drug-likeness (QED) is 0.0450. The third-order valence-electron chi connectivity index (χ3n) is 6.04. The van der Waals surface area contributed by atoms with Gasteiger partial charge in [-0.2, -0.15) is 8.78 Å². The van der Waals surface area contributed by atoms with Crippen molar-refractivity contribution in [2.24, 2.45) is 5.41 Å². The van der Waals surface area contributed by atoms with E-state index in [4.69, 9.17) is 9.26 Å². The van der Waals surface area contributed by atoms with Crippen LogP contribution in [0, 0.1) is 34.5 Å². The van der Waals surface area contributed by atoms with Crippen LogP contribution in [0.25, 0.3) is 10.1 Å². The van der Waals surface area contributed by atoms with Gasteiger partial charge in [0.25, 0.3) is 0 Å². The van der Waals surface area contributed by atoms with Crippen molar-refractivity contribution in [2.75, 3.05) is 6.61 Å². The Morgan fingerprint density at radius 3 is 2.11 bits per heavy atom. The SMILES string of the molecule is CC(N[P@@](=O)(Oc1ccccc1)[C@@H](F)c1ccc2sc(C(=O)Oc3c(F)c(F)c(F)c(F)c3F)cc2c1)C(=O)OCC(C)(C)C. The maximum absolute atomic E-state index is 16.2. The first-order valence-electron chi connectivity index (χ1n) is 13.2. The lowest BCUT2D eigenvalue weighted by Crippen LogP contribution is -2.36. The molecule has 1 heterocycles. The summed E-state index contributed by atoms with van der Waals surface area (Å²) >= 11 is 0.720. The molecule has 7 nitrogen and oxygen atoms in total. The van der Waals surface area contributed by atoms with E-state index in [9.17, 15) is 36.1 Å². The maximum atomic E-state index is 16.2. The van der Waals surface area contributed by atoms with Gasteiger partial charge in [0.05, 0.1) is 6.61 Å². The average Bonchev–Trinajstić information content (AvgIpc) is 3.43. The number of ether oxygens (including phenoxy) is 2. The van der Waals surface area contributed by atoms with Gasteiger partial charge in [0.15, 0.2) is 0 Å². The zero-order valence-electron chi connectivity index (χ0n) is 24.1. The summed E-state index contributed by atoms with van der Waals surface area (Å²) in [6.45, 7) is 6.89. The molecular weight excluding hydrogens is 647 g/mol. The van der Waals surface area contributed by atoms with Crippen LogP contribution in [0.5, 0.6) is 11.5 Å². The Hall–Kier alpha value is -3.87. The van der Waals surface area contributed by atoms with E-state index in [2.05, 4.69) is 9.82 Å². The third-order valence-corrected chi connectivity index (χ3v) is 9.26. The maximum Gasteiger partial charge on any atom is 0.355 e. The number of carbonyl (C=O) groups excluding carboxylic acids is 2. The van der Waals surface area contributed by atoms with Crippen LogP contribution in [-0.4, -0.2) is 24.6 Å². The minimum atomic E-state index is -4.58. The highest BCUT2D eigenvalue weighted by Crippen LogP contribution is 2.58. The summed E-state index contributed by atoms with van der Waals surface area (Å²) in [5.74, 6) is -18.0. The zero-order chi connectivity index (χ0) is 33.3. The van der Waals surface area contributed by atoms with Crippen LogP contribution in [0.3, 0.4) is 0 Å². The highest BCUT2D eigenvalue weighted by atomic mass is 32.1. The van der Waals surface area contributed by atoms with Crippen molar-refractivity contribution < 1.29 is 54.5 Å². The molecule has 240 valence electrons. The minimum absolute atomic E-state index is 0.0426. The van der Waals surface area contributed by atoms with Gasteiger partial charge in [0, 0.05) is 4.70 Å². The molecule has 0 radical (unpaired) electrons. The first kappa shape index (κ1) is 34.0. The van der Waals surface area contributed by atoms with Gasteiger partial charge in [-0.25, -0.2) is 27.4 Å². The monoisotopic (exact) mass is 673 g/mol. The molecule has 0 bridgehead atoms. The number of benzene rings is 3. The van der Waals surface area contributed by atoms with E-state index in [0.717, 1.165) is 17.4 Å². The Labute approximate surface area is 257 Å². The van der Waals surface area contributed by atoms with Gasteiger partial charge in [0.1, 0.15) is 16.7 Å². The van der Waals surface area contributed by atoms with Crippen molar-refractivity contribution in [1.82, 2.24) is 5.09 Å². The van der Waals surface area contributed by atoms with Crippen molar-refractivity contribution >= 4 is 40.9 Å². The van der Waals surface area contributed by atoms with Crippen molar-refractivity contribution in [3.8, 4) is 11.5 Å². The summed E-state index contributed by atoms with van der Waals surface area (Å²) in [6.07, 6.45) is 0. The van der Waals surface area contributed by atoms with Gasteiger partial charge < -0.3 is 14.0 Å². The Kier molecular flexibility index (Phi) is 10.0. The predicted octanol–water partition coefficient (Wildman–Crippen LogP) is 8.62. The van der Waals surface area contributed by atoms with Crippen molar-refractivity contribution in [1.29, 1.82) is 0 Å². The minimum Gasteiger partial charge on any atom is -0.464 e. The Bertz CT molecular complexity index is 1770. The fraction of sp³-hybridized carbons (Fsp3) is 0.267. The lowest BCUT2D eigenvalue weighted by Gasteiger charge is -2.27. The number of carbonyl (C=O) groups is 2. The summed E-state index contributed by atoms with van der Waals surface area (Å²) in [6, 6.07) is 11.4. The van der Waals surface area contributed by atoms with Crippen LogP contribution in [0.15, 0.2) is 54.6 Å². The molecule has 3 aromatic carbocycles. The van der Waals surface area contributed by atoms with Crippen molar-refractivity contribution in [3.63, 3.8) is 0 Å². The van der Waals surface area contributed by atoms with Gasteiger partial charge in [-0.15, -0.1) is 11.3 Å². The molecule has 0 aliphatic rings. The molecule has 1 aromatic heterocycles. The second-order valence-electron chi connectivity index (χ2n) is 11.1. The van der Waals surface area contributed by atoms with Gasteiger partial charge in [-0.1, -0.05) is 45.0 Å². The predicted molar refractivity (Wildman–Crippen MR) is 155 cm³/mol. The molecule has 4 aromatic rings. The fourth-order valence-electron chi connectivity index (χ4n) is 3.84. The van der Waals surface area contributed by atoms with E-state index in [1.165, 1.54) is 37.3 Å². The molecule has 0 aliphatic carbocycles. The summed E-state index contributed by atoms with van der Waals surface area (Å²) in [5.41, 5.74) is -0.556. The molecule has 1 N–H and O–H groups in total. The first-order valence-corrected chi connectivity index (χ1v) is 15.7. The second-order valence-corrected chi connectivity index (χ2v) is 14.2. The topological polar surface area (TPSA) is 90.9 Å². The van der Waals surface area contributed by atoms with Gasteiger partial charge in [-0.05, 0) is 53.6 Å². The molecule has 4 rings (SSSR count). The number of thiophene rings is 1. The Morgan fingerprint density at radius 2 is 1.51 bits per heavy atom. The van der Waals surface area contributed by atoms with E-state index in [0.29, 0.717) is 4.70 Å². The average molecular weight is 674 g/mol. The molecule has 45 heavy (non-hydrogen) atoms. The first-order chi connectivity index (χ1) is 21.0. The van der Waals surface area contributed by atoms with Crippen molar-refractivity contribution in [2.45, 2.75) is 39.6 Å². The zero-order valence-corrected chi connectivity index (χ0v) is 25.8. The van der Waals surface area contributed by atoms with E-state index in [1.807, 2.05) is 20.8 Å². The number of hydrogen-bond donors (Lipinski definition) is 1. The van der Waals surface area contributed by atoms with Crippen LogP contribution < -0.4 is 14.3 Å². The molecule has 0 fully saturated rings. The number of rotatable bonds is 10. The van der Waals surface area contributed by atoms with Crippen LogP contribution in [0.2, 0.25) is 0 Å². The highest BCUT2D eigenvalue weighted by Gasteiger charge is 2.41. The molecule has 3 atom stereocenters. The number of esters is 2. The Balaban J connectivity index is 1.62. The summed E-state index contributed by atoms with van der Waals surface area (Å²) in [4.78, 5) is 24.9. The summed E-state index contributed by atoms with van der Waals surface area (Å²) in [5, 5.41) is 2.64. The molecular formula is C30H26F6NO6PS. The van der Waals surface area contributed by atoms with E-state index >= 15 is 4.39 Å². The lowest BCUT2D eigenvalue weighted by molar-refractivity contribution is -0.148. The molecule has 0 aliphatic heterocycles. The third kappa shape index (κ3) is 7.69. The van der Waals surface area contributed by atoms with E-state index in [1.54, 1.807) is 18.2 Å². The molecule has 15 heteroatoms. The van der Waals surface area contributed by atoms with E-state index < -0.39 is 66.2 Å². The molecule has 0 amide bonds. The summed E-state index contributed by atoms with van der Waals surface area (Å²) in [7, 11) is -4.58. The highest BCUT2D eigenvalue weighted by molar-refractivity contribution is 7.57. The molecule has 0 saturated carbocycles. The van der Waals surface area contributed by atoms with Crippen LogP contribution in [-0.2, 0) is 14.1 Å². The lowest BCUT2D eigenvalue weighted by atomic mass is 9.99. The van der Waals surface area contributed by atoms with Crippen LogP contribution in [0.4, 0.5) is 26.3 Å². The van der Waals surface area contributed by atoms with Crippen LogP contribution in [0.1, 0.15) is 48.8 Å². The second kappa shape index (κ2) is 13.2. The standard InChI is InChI=1S/C30H26F6NO6PS/c1-15(28(38)41-14-30(2,3)4)37-44(40,43-18-8-6-5-7-9-18)27(36)16-10-11-19-17(12-16)13-20(45-19)29(39)42-26-24(34)22(32)21(31)23(33)25(26)35/h5-13,15,27H,14H2,1-4H3,(H,37,40)/t15?,27-,44+/m1/s1. The molecule has 1 unspecified atom stereocenters. The van der Waals surface area contributed by atoms with Crippen LogP contribution >= 0.6 is 18.9 Å². The smallest absolute Gasteiger partial charge is 0.355 e. The summed E-state index contributed by atoms with van der Waals surface area (Å²) < 4.78 is 114. The fourth-order valence-corrected chi connectivity index (χ4v) is 6.66. The Morgan fingerprint density at radius 1 is 0.911 bits per heavy atom.